The van der Waals surface area contributed by atoms with Crippen molar-refractivity contribution in [3.8, 4) is 34.1 Å². The number of ether oxygens (including phenoxy) is 2. The molecule has 0 radical (unpaired) electrons. The number of hydrogen-bond acceptors (Lipinski definition) is 4. The van der Waals surface area contributed by atoms with Gasteiger partial charge < -0.3 is 9.47 Å². The maximum atomic E-state index is 12.9. The Balaban J connectivity index is 1.82. The van der Waals surface area contributed by atoms with Gasteiger partial charge in [-0.2, -0.15) is 5.10 Å². The van der Waals surface area contributed by atoms with Gasteiger partial charge in [-0.05, 0) is 36.4 Å². The van der Waals surface area contributed by atoms with Crippen molar-refractivity contribution < 1.29 is 13.9 Å². The summed E-state index contributed by atoms with van der Waals surface area (Å²) in [5, 5.41) is 4.64. The standard InChI is InChI=1S/C22H17ClFN3O3/c1-26-12-15(11-25-26)18-13-27(16-6-8-17(9-7-16)29-14-24)22(28)10-21(18)30-20-5-3-2-4-19(20)23/h2-13H,14H2,1H3. The molecular weight excluding hydrogens is 409 g/mol. The van der Waals surface area contributed by atoms with Gasteiger partial charge in [0.15, 0.2) is 0 Å². The minimum Gasteiger partial charge on any atom is -0.463 e. The Bertz CT molecular complexity index is 1240. The van der Waals surface area contributed by atoms with E-state index in [1.807, 2.05) is 6.20 Å². The summed E-state index contributed by atoms with van der Waals surface area (Å²) in [6.07, 6.45) is 5.18. The average Bonchev–Trinajstić information content (AvgIpc) is 3.17. The van der Waals surface area contributed by atoms with Crippen LogP contribution in [0.2, 0.25) is 5.02 Å². The van der Waals surface area contributed by atoms with E-state index in [1.165, 1.54) is 10.6 Å². The largest absolute Gasteiger partial charge is 0.463 e. The highest BCUT2D eigenvalue weighted by atomic mass is 35.5. The van der Waals surface area contributed by atoms with Crippen LogP contribution < -0.4 is 15.0 Å². The van der Waals surface area contributed by atoms with Crippen molar-refractivity contribution >= 4 is 11.6 Å². The molecule has 0 bridgehead atoms. The molecule has 2 aromatic carbocycles. The zero-order valence-corrected chi connectivity index (χ0v) is 16.7. The first kappa shape index (κ1) is 19.7. The van der Waals surface area contributed by atoms with E-state index in [1.54, 1.807) is 72.7 Å². The number of nitrogens with zero attached hydrogens (tertiary/aromatic N) is 3. The summed E-state index contributed by atoms with van der Waals surface area (Å²) in [5.41, 5.74) is 1.72. The molecule has 6 nitrogen and oxygen atoms in total. The van der Waals surface area contributed by atoms with E-state index in [2.05, 4.69) is 5.10 Å². The zero-order chi connectivity index (χ0) is 21.1. The Morgan fingerprint density at radius 1 is 1.07 bits per heavy atom. The molecule has 0 saturated heterocycles. The monoisotopic (exact) mass is 425 g/mol. The fourth-order valence-corrected chi connectivity index (χ4v) is 3.17. The summed E-state index contributed by atoms with van der Waals surface area (Å²) < 4.78 is 26.3. The smallest absolute Gasteiger partial charge is 0.258 e. The second kappa shape index (κ2) is 8.42. The fourth-order valence-electron chi connectivity index (χ4n) is 2.99. The van der Waals surface area contributed by atoms with Crippen molar-refractivity contribution in [3.63, 3.8) is 0 Å². The Kier molecular flexibility index (Phi) is 5.54. The van der Waals surface area contributed by atoms with Crippen LogP contribution in [0, 0.1) is 0 Å². The number of halogens is 2. The number of rotatable bonds is 6. The van der Waals surface area contributed by atoms with E-state index in [0.717, 1.165) is 5.56 Å². The Morgan fingerprint density at radius 3 is 2.50 bits per heavy atom. The first-order chi connectivity index (χ1) is 14.5. The number of para-hydroxylation sites is 1. The Morgan fingerprint density at radius 2 is 1.83 bits per heavy atom. The zero-order valence-electron chi connectivity index (χ0n) is 16.0. The summed E-state index contributed by atoms with van der Waals surface area (Å²) >= 11 is 6.22. The molecule has 30 heavy (non-hydrogen) atoms. The third kappa shape index (κ3) is 4.06. The van der Waals surface area contributed by atoms with Crippen molar-refractivity contribution in [2.24, 2.45) is 7.05 Å². The molecule has 0 amide bonds. The molecule has 0 unspecified atom stereocenters. The molecule has 0 aliphatic rings. The first-order valence-electron chi connectivity index (χ1n) is 9.02. The van der Waals surface area contributed by atoms with Crippen LogP contribution in [0.15, 0.2) is 78.0 Å². The summed E-state index contributed by atoms with van der Waals surface area (Å²) in [4.78, 5) is 12.9. The van der Waals surface area contributed by atoms with Crippen LogP contribution in [-0.4, -0.2) is 21.2 Å². The van der Waals surface area contributed by atoms with Crippen LogP contribution in [0.1, 0.15) is 0 Å². The molecule has 0 aliphatic heterocycles. The number of benzene rings is 2. The quantitative estimate of drug-likeness (QED) is 0.436. The highest BCUT2D eigenvalue weighted by Crippen LogP contribution is 2.35. The fraction of sp³-hybridized carbons (Fsp3) is 0.0909. The number of alkyl halides is 1. The van der Waals surface area contributed by atoms with Crippen LogP contribution in [0.4, 0.5) is 4.39 Å². The van der Waals surface area contributed by atoms with Crippen molar-refractivity contribution in [3.05, 3.63) is 88.6 Å². The predicted octanol–water partition coefficient (Wildman–Crippen LogP) is 4.99. The molecule has 2 heterocycles. The predicted molar refractivity (Wildman–Crippen MR) is 112 cm³/mol. The van der Waals surface area contributed by atoms with Crippen molar-refractivity contribution in [2.75, 3.05) is 6.86 Å². The molecule has 0 aliphatic carbocycles. The third-order valence-electron chi connectivity index (χ3n) is 4.42. The average molecular weight is 426 g/mol. The number of aryl methyl sites for hydroxylation is 1. The molecule has 0 fully saturated rings. The number of pyridine rings is 1. The molecule has 0 N–H and O–H groups in total. The van der Waals surface area contributed by atoms with Gasteiger partial charge >= 0.3 is 0 Å². The summed E-state index contributed by atoms with van der Waals surface area (Å²) in [7, 11) is 1.80. The van der Waals surface area contributed by atoms with Gasteiger partial charge in [0.05, 0.1) is 11.2 Å². The molecule has 4 rings (SSSR count). The first-order valence-corrected chi connectivity index (χ1v) is 9.40. The van der Waals surface area contributed by atoms with E-state index in [4.69, 9.17) is 21.1 Å². The van der Waals surface area contributed by atoms with Crippen LogP contribution >= 0.6 is 11.6 Å². The minimum absolute atomic E-state index is 0.302. The number of aromatic nitrogens is 3. The lowest BCUT2D eigenvalue weighted by atomic mass is 10.1. The van der Waals surface area contributed by atoms with Gasteiger partial charge in [0.1, 0.15) is 17.2 Å². The molecule has 152 valence electrons. The van der Waals surface area contributed by atoms with E-state index in [0.29, 0.717) is 33.5 Å². The summed E-state index contributed by atoms with van der Waals surface area (Å²) in [6, 6.07) is 15.0. The van der Waals surface area contributed by atoms with E-state index >= 15 is 0 Å². The second-order valence-electron chi connectivity index (χ2n) is 6.44. The van der Waals surface area contributed by atoms with Crippen molar-refractivity contribution in [1.29, 1.82) is 0 Å². The van der Waals surface area contributed by atoms with Crippen LogP contribution in [0.3, 0.4) is 0 Å². The van der Waals surface area contributed by atoms with Gasteiger partial charge in [0, 0.05) is 42.3 Å². The Labute approximate surface area is 176 Å². The van der Waals surface area contributed by atoms with Crippen LogP contribution in [0.5, 0.6) is 17.2 Å². The van der Waals surface area contributed by atoms with Crippen LogP contribution in [0.25, 0.3) is 16.8 Å². The van der Waals surface area contributed by atoms with Gasteiger partial charge in [0.25, 0.3) is 5.56 Å². The summed E-state index contributed by atoms with van der Waals surface area (Å²) in [6.45, 7) is -0.918. The van der Waals surface area contributed by atoms with E-state index in [-0.39, 0.29) is 5.56 Å². The minimum atomic E-state index is -0.918. The third-order valence-corrected chi connectivity index (χ3v) is 4.74. The Hall–Kier alpha value is -3.58. The van der Waals surface area contributed by atoms with Gasteiger partial charge in [-0.1, -0.05) is 23.7 Å². The van der Waals surface area contributed by atoms with Crippen molar-refractivity contribution in [2.45, 2.75) is 0 Å². The van der Waals surface area contributed by atoms with Crippen LogP contribution in [-0.2, 0) is 7.05 Å². The second-order valence-corrected chi connectivity index (χ2v) is 6.85. The molecule has 0 atom stereocenters. The normalized spacial score (nSPS) is 10.8. The van der Waals surface area contributed by atoms with Gasteiger partial charge in [-0.25, -0.2) is 4.39 Å². The van der Waals surface area contributed by atoms with E-state index < -0.39 is 6.86 Å². The lowest BCUT2D eigenvalue weighted by Crippen LogP contribution is -2.17. The molecule has 8 heteroatoms. The maximum Gasteiger partial charge on any atom is 0.258 e. The lowest BCUT2D eigenvalue weighted by Gasteiger charge is -2.14. The highest BCUT2D eigenvalue weighted by Gasteiger charge is 2.15. The molecule has 0 spiro atoms. The number of hydrogen-bond donors (Lipinski definition) is 0. The molecule has 2 aromatic heterocycles. The molecular formula is C22H17ClFN3O3. The van der Waals surface area contributed by atoms with Gasteiger partial charge in [-0.15, -0.1) is 0 Å². The van der Waals surface area contributed by atoms with Gasteiger partial charge in [0.2, 0.25) is 6.86 Å². The topological polar surface area (TPSA) is 58.3 Å². The van der Waals surface area contributed by atoms with Crippen molar-refractivity contribution in [1.82, 2.24) is 14.3 Å². The molecule has 4 aromatic rings. The SMILES string of the molecule is Cn1cc(-c2cn(-c3ccc(OCF)cc3)c(=O)cc2Oc2ccccc2Cl)cn1. The summed E-state index contributed by atoms with van der Waals surface area (Å²) in [5.74, 6) is 1.17. The maximum absolute atomic E-state index is 12.9. The highest BCUT2D eigenvalue weighted by molar-refractivity contribution is 6.32. The lowest BCUT2D eigenvalue weighted by molar-refractivity contribution is 0.192. The van der Waals surface area contributed by atoms with E-state index in [9.17, 15) is 9.18 Å². The molecule has 0 saturated carbocycles. The van der Waals surface area contributed by atoms with Gasteiger partial charge in [-0.3, -0.25) is 14.0 Å².